The molecule has 0 saturated carbocycles. The highest BCUT2D eigenvalue weighted by atomic mass is 16.5. The van der Waals surface area contributed by atoms with Crippen molar-refractivity contribution < 1.29 is 4.74 Å². The Labute approximate surface area is 101 Å². The summed E-state index contributed by atoms with van der Waals surface area (Å²) in [6.45, 7) is 5.40. The predicted octanol–water partition coefficient (Wildman–Crippen LogP) is 0.0595. The summed E-state index contributed by atoms with van der Waals surface area (Å²) in [4.78, 5) is 7.92. The Kier molecular flexibility index (Phi) is 4.77. The molecule has 0 aliphatic rings. The SMILES string of the molecule is CCNC(C)COc1nc(N)nc(NC)c1N. The summed E-state index contributed by atoms with van der Waals surface area (Å²) in [7, 11) is 1.71. The molecular weight excluding hydrogens is 220 g/mol. The second kappa shape index (κ2) is 6.09. The molecule has 7 heteroatoms. The third-order valence-corrected chi connectivity index (χ3v) is 2.19. The topological polar surface area (TPSA) is 111 Å². The fourth-order valence-electron chi connectivity index (χ4n) is 1.38. The molecule has 1 unspecified atom stereocenters. The van der Waals surface area contributed by atoms with Crippen molar-refractivity contribution in [3.63, 3.8) is 0 Å². The summed E-state index contributed by atoms with van der Waals surface area (Å²) in [5.74, 6) is 0.921. The minimum atomic E-state index is 0.134. The zero-order valence-corrected chi connectivity index (χ0v) is 10.4. The van der Waals surface area contributed by atoms with Gasteiger partial charge in [0.15, 0.2) is 5.82 Å². The smallest absolute Gasteiger partial charge is 0.244 e. The van der Waals surface area contributed by atoms with Crippen molar-refractivity contribution in [1.29, 1.82) is 0 Å². The Morgan fingerprint density at radius 2 is 2.06 bits per heavy atom. The molecular formula is C10H20N6O. The zero-order chi connectivity index (χ0) is 12.8. The van der Waals surface area contributed by atoms with Gasteiger partial charge in [0.1, 0.15) is 12.3 Å². The number of nitrogens with two attached hydrogens (primary N) is 2. The summed E-state index contributed by atoms with van der Waals surface area (Å²) >= 11 is 0. The van der Waals surface area contributed by atoms with Crippen LogP contribution in [0, 0.1) is 0 Å². The van der Waals surface area contributed by atoms with Crippen molar-refractivity contribution >= 4 is 17.5 Å². The third-order valence-electron chi connectivity index (χ3n) is 2.19. The molecule has 1 aromatic heterocycles. The van der Waals surface area contributed by atoms with Crippen LogP contribution in [0.3, 0.4) is 0 Å². The molecule has 17 heavy (non-hydrogen) atoms. The minimum absolute atomic E-state index is 0.134. The van der Waals surface area contributed by atoms with Gasteiger partial charge in [-0.2, -0.15) is 9.97 Å². The van der Waals surface area contributed by atoms with Crippen molar-refractivity contribution in [2.24, 2.45) is 0 Å². The van der Waals surface area contributed by atoms with Crippen molar-refractivity contribution in [1.82, 2.24) is 15.3 Å². The second-order valence-electron chi connectivity index (χ2n) is 3.67. The molecule has 96 valence electrons. The number of nitrogens with one attached hydrogen (secondary N) is 2. The lowest BCUT2D eigenvalue weighted by Gasteiger charge is -2.15. The van der Waals surface area contributed by atoms with Crippen LogP contribution in [0.25, 0.3) is 0 Å². The Morgan fingerprint density at radius 3 is 2.65 bits per heavy atom. The van der Waals surface area contributed by atoms with Crippen LogP contribution in [0.1, 0.15) is 13.8 Å². The maximum Gasteiger partial charge on any atom is 0.244 e. The number of hydrogen-bond donors (Lipinski definition) is 4. The van der Waals surface area contributed by atoms with Gasteiger partial charge in [-0.1, -0.05) is 6.92 Å². The van der Waals surface area contributed by atoms with Gasteiger partial charge in [-0.05, 0) is 13.5 Å². The summed E-state index contributed by atoms with van der Waals surface area (Å²) < 4.78 is 5.52. The first-order valence-corrected chi connectivity index (χ1v) is 5.55. The van der Waals surface area contributed by atoms with E-state index in [0.717, 1.165) is 6.54 Å². The number of likely N-dealkylation sites (N-methyl/N-ethyl adjacent to an activating group) is 1. The number of rotatable bonds is 6. The molecule has 7 nitrogen and oxygen atoms in total. The Morgan fingerprint density at radius 1 is 1.35 bits per heavy atom. The quantitative estimate of drug-likeness (QED) is 0.556. The van der Waals surface area contributed by atoms with Crippen LogP contribution >= 0.6 is 0 Å². The van der Waals surface area contributed by atoms with E-state index in [4.69, 9.17) is 16.2 Å². The van der Waals surface area contributed by atoms with Gasteiger partial charge < -0.3 is 26.8 Å². The number of nitrogens with zero attached hydrogens (tertiary/aromatic N) is 2. The van der Waals surface area contributed by atoms with Crippen molar-refractivity contribution in [3.05, 3.63) is 0 Å². The predicted molar refractivity (Wildman–Crippen MR) is 69.0 cm³/mol. The van der Waals surface area contributed by atoms with E-state index in [9.17, 15) is 0 Å². The van der Waals surface area contributed by atoms with Gasteiger partial charge in [0.25, 0.3) is 0 Å². The fraction of sp³-hybridized carbons (Fsp3) is 0.600. The maximum absolute atomic E-state index is 5.83. The van der Waals surface area contributed by atoms with Crippen LogP contribution in [0.2, 0.25) is 0 Å². The first kappa shape index (κ1) is 13.3. The highest BCUT2D eigenvalue weighted by Gasteiger charge is 2.11. The van der Waals surface area contributed by atoms with Crippen LogP contribution < -0.4 is 26.8 Å². The number of aromatic nitrogens is 2. The fourth-order valence-corrected chi connectivity index (χ4v) is 1.38. The average molecular weight is 240 g/mol. The molecule has 0 aromatic carbocycles. The van der Waals surface area contributed by atoms with E-state index >= 15 is 0 Å². The van der Waals surface area contributed by atoms with E-state index in [1.54, 1.807) is 7.05 Å². The number of hydrogen-bond acceptors (Lipinski definition) is 7. The molecule has 0 aliphatic carbocycles. The summed E-state index contributed by atoms with van der Waals surface area (Å²) in [6, 6.07) is 0.216. The van der Waals surface area contributed by atoms with E-state index < -0.39 is 0 Å². The lowest BCUT2D eigenvalue weighted by atomic mass is 10.3. The molecule has 0 aliphatic heterocycles. The molecule has 1 rings (SSSR count). The number of anilines is 3. The first-order chi connectivity index (χ1) is 8.08. The van der Waals surface area contributed by atoms with E-state index in [2.05, 4.69) is 20.6 Å². The second-order valence-corrected chi connectivity index (χ2v) is 3.67. The van der Waals surface area contributed by atoms with E-state index in [-0.39, 0.29) is 12.0 Å². The number of nitrogen functional groups attached to an aromatic ring is 2. The lowest BCUT2D eigenvalue weighted by Crippen LogP contribution is -2.31. The van der Waals surface area contributed by atoms with Gasteiger partial charge in [0.2, 0.25) is 11.8 Å². The summed E-state index contributed by atoms with van der Waals surface area (Å²) in [6.07, 6.45) is 0. The van der Waals surface area contributed by atoms with Gasteiger partial charge in [-0.25, -0.2) is 0 Å². The molecule has 0 spiro atoms. The van der Waals surface area contributed by atoms with E-state index in [0.29, 0.717) is 24.0 Å². The van der Waals surface area contributed by atoms with Crippen molar-refractivity contribution in [3.8, 4) is 5.88 Å². The van der Waals surface area contributed by atoms with Crippen molar-refractivity contribution in [2.75, 3.05) is 37.0 Å². The van der Waals surface area contributed by atoms with Crippen LogP contribution in [-0.2, 0) is 0 Å². The largest absolute Gasteiger partial charge is 0.474 e. The standard InChI is InChI=1S/C10H20N6O/c1-4-14-6(2)5-17-9-7(11)8(13-3)15-10(12)16-9/h6,14H,4-5,11H2,1-3H3,(H3,12,13,15,16). The molecule has 1 aromatic rings. The molecule has 1 atom stereocenters. The van der Waals surface area contributed by atoms with Gasteiger partial charge in [0.05, 0.1) is 0 Å². The maximum atomic E-state index is 5.83. The molecule has 0 radical (unpaired) electrons. The number of ether oxygens (including phenoxy) is 1. The molecule has 0 bridgehead atoms. The molecule has 1 heterocycles. The Balaban J connectivity index is 2.73. The Hall–Kier alpha value is -1.76. The van der Waals surface area contributed by atoms with Crippen LogP contribution in [-0.4, -0.2) is 36.2 Å². The van der Waals surface area contributed by atoms with E-state index in [1.165, 1.54) is 0 Å². The van der Waals surface area contributed by atoms with Gasteiger partial charge in [0, 0.05) is 13.1 Å². The third kappa shape index (κ3) is 3.63. The molecule has 0 saturated heterocycles. The van der Waals surface area contributed by atoms with Crippen molar-refractivity contribution in [2.45, 2.75) is 19.9 Å². The summed E-state index contributed by atoms with van der Waals surface area (Å²) in [5, 5.41) is 6.06. The van der Waals surface area contributed by atoms with Crippen LogP contribution in [0.5, 0.6) is 5.88 Å². The van der Waals surface area contributed by atoms with Crippen LogP contribution in [0.4, 0.5) is 17.5 Å². The monoisotopic (exact) mass is 240 g/mol. The normalized spacial score (nSPS) is 12.2. The van der Waals surface area contributed by atoms with Gasteiger partial charge in [-0.15, -0.1) is 0 Å². The first-order valence-electron chi connectivity index (χ1n) is 5.55. The highest BCUT2D eigenvalue weighted by Crippen LogP contribution is 2.26. The molecule has 0 fully saturated rings. The molecule has 0 amide bonds. The average Bonchev–Trinajstić information content (AvgIpc) is 2.30. The Bertz CT molecular complexity index is 370. The lowest BCUT2D eigenvalue weighted by molar-refractivity contribution is 0.267. The summed E-state index contributed by atoms with van der Waals surface area (Å²) in [5.41, 5.74) is 11.8. The van der Waals surface area contributed by atoms with Gasteiger partial charge in [-0.3, -0.25) is 0 Å². The zero-order valence-electron chi connectivity index (χ0n) is 10.4. The minimum Gasteiger partial charge on any atom is -0.474 e. The van der Waals surface area contributed by atoms with Gasteiger partial charge >= 0.3 is 0 Å². The molecule has 6 N–H and O–H groups in total. The van der Waals surface area contributed by atoms with E-state index in [1.807, 2.05) is 13.8 Å². The highest BCUT2D eigenvalue weighted by molar-refractivity contribution is 5.68. The van der Waals surface area contributed by atoms with Crippen LogP contribution in [0.15, 0.2) is 0 Å².